The van der Waals surface area contributed by atoms with Gasteiger partial charge in [-0.1, -0.05) is 0 Å². The molecule has 0 saturated carbocycles. The molecule has 0 N–H and O–H groups in total. The first-order chi connectivity index (χ1) is 8.08. The molecule has 1 unspecified atom stereocenters. The lowest BCUT2D eigenvalue weighted by Gasteiger charge is -2.36. The monoisotopic (exact) mass is 258 g/mol. The predicted molar refractivity (Wildman–Crippen MR) is 65.9 cm³/mol. The zero-order valence-electron chi connectivity index (χ0n) is 10.0. The smallest absolute Gasteiger partial charge is 0.224 e. The van der Waals surface area contributed by atoms with Crippen LogP contribution >= 0.6 is 11.6 Å². The van der Waals surface area contributed by atoms with Crippen LogP contribution in [0.5, 0.6) is 0 Å². The van der Waals surface area contributed by atoms with Gasteiger partial charge in [0.2, 0.25) is 5.28 Å². The van der Waals surface area contributed by atoms with Crippen molar-refractivity contribution in [1.29, 1.82) is 0 Å². The van der Waals surface area contributed by atoms with E-state index in [2.05, 4.69) is 21.9 Å². The topological polar surface area (TPSA) is 32.3 Å². The molecule has 1 aliphatic rings. The second-order valence-electron chi connectivity index (χ2n) is 4.48. The second kappa shape index (κ2) is 5.14. The molecule has 0 spiro atoms. The number of nitrogens with zero attached hydrogens (tertiary/aromatic N) is 4. The Morgan fingerprint density at radius 2 is 2.35 bits per heavy atom. The normalized spacial score (nSPS) is 21.5. The Bertz CT molecular complexity index is 401. The number of aromatic nitrogens is 2. The lowest BCUT2D eigenvalue weighted by atomic mass is 10.1. The van der Waals surface area contributed by atoms with Gasteiger partial charge in [-0.25, -0.2) is 9.37 Å². The third-order valence-corrected chi connectivity index (χ3v) is 3.36. The van der Waals surface area contributed by atoms with Crippen LogP contribution < -0.4 is 4.90 Å². The Balaban J connectivity index is 2.18. The van der Waals surface area contributed by atoms with Crippen LogP contribution in [0.15, 0.2) is 6.20 Å². The number of anilines is 1. The molecule has 0 amide bonds. The molecule has 17 heavy (non-hydrogen) atoms. The summed E-state index contributed by atoms with van der Waals surface area (Å²) in [5.41, 5.74) is 0. The summed E-state index contributed by atoms with van der Waals surface area (Å²) in [6.07, 6.45) is 3.28. The van der Waals surface area contributed by atoms with E-state index in [1.165, 1.54) is 0 Å². The van der Waals surface area contributed by atoms with Gasteiger partial charge in [-0.15, -0.1) is 0 Å². The van der Waals surface area contributed by atoms with E-state index in [1.807, 2.05) is 11.9 Å². The third kappa shape index (κ3) is 2.84. The molecule has 2 heterocycles. The summed E-state index contributed by atoms with van der Waals surface area (Å²) < 4.78 is 13.6. The molecule has 0 aromatic carbocycles. The quantitative estimate of drug-likeness (QED) is 0.758. The summed E-state index contributed by atoms with van der Waals surface area (Å²) in [5, 5.41) is 0.0809. The molecular formula is C11H16ClFN4. The van der Waals surface area contributed by atoms with Crippen LogP contribution in [0.25, 0.3) is 0 Å². The highest BCUT2D eigenvalue weighted by atomic mass is 35.5. The molecule has 0 radical (unpaired) electrons. The van der Waals surface area contributed by atoms with Crippen LogP contribution in [0.3, 0.4) is 0 Å². The summed E-state index contributed by atoms with van der Waals surface area (Å²) in [5.74, 6) is -0.143. The summed E-state index contributed by atoms with van der Waals surface area (Å²) in [6, 6.07) is 0.272. The van der Waals surface area contributed by atoms with Crippen molar-refractivity contribution < 1.29 is 4.39 Å². The standard InChI is InChI=1S/C11H16ClFN4/c1-16-5-3-4-8(7-16)17(2)10-9(13)6-14-11(12)15-10/h6,8H,3-5,7H2,1-2H3. The van der Waals surface area contributed by atoms with E-state index in [9.17, 15) is 4.39 Å². The van der Waals surface area contributed by atoms with Crippen molar-refractivity contribution in [2.24, 2.45) is 0 Å². The van der Waals surface area contributed by atoms with E-state index in [0.717, 1.165) is 32.1 Å². The molecule has 1 atom stereocenters. The van der Waals surface area contributed by atoms with Crippen molar-refractivity contribution >= 4 is 17.4 Å². The van der Waals surface area contributed by atoms with Crippen molar-refractivity contribution in [3.63, 3.8) is 0 Å². The lowest BCUT2D eigenvalue weighted by Crippen LogP contribution is -2.45. The van der Waals surface area contributed by atoms with Gasteiger partial charge >= 0.3 is 0 Å². The highest BCUT2D eigenvalue weighted by molar-refractivity contribution is 6.28. The molecule has 1 fully saturated rings. The van der Waals surface area contributed by atoms with Crippen molar-refractivity contribution in [2.45, 2.75) is 18.9 Å². The second-order valence-corrected chi connectivity index (χ2v) is 4.82. The van der Waals surface area contributed by atoms with Crippen LogP contribution in [0.2, 0.25) is 5.28 Å². The number of rotatable bonds is 2. The van der Waals surface area contributed by atoms with E-state index < -0.39 is 5.82 Å². The molecule has 1 aromatic rings. The highest BCUT2D eigenvalue weighted by Crippen LogP contribution is 2.22. The fourth-order valence-corrected chi connectivity index (χ4v) is 2.34. The van der Waals surface area contributed by atoms with Gasteiger partial charge in [0.05, 0.1) is 6.20 Å². The van der Waals surface area contributed by atoms with Crippen molar-refractivity contribution in [2.75, 3.05) is 32.1 Å². The van der Waals surface area contributed by atoms with Gasteiger partial charge in [-0.2, -0.15) is 4.98 Å². The Morgan fingerprint density at radius 3 is 3.06 bits per heavy atom. The fraction of sp³-hybridized carbons (Fsp3) is 0.636. The van der Waals surface area contributed by atoms with Crippen molar-refractivity contribution in [1.82, 2.24) is 14.9 Å². The maximum Gasteiger partial charge on any atom is 0.224 e. The summed E-state index contributed by atoms with van der Waals surface area (Å²) in [6.45, 7) is 2.01. The summed E-state index contributed by atoms with van der Waals surface area (Å²) >= 11 is 5.70. The minimum absolute atomic E-state index is 0.0809. The van der Waals surface area contributed by atoms with Crippen LogP contribution in [-0.4, -0.2) is 48.1 Å². The Labute approximate surface area is 105 Å². The zero-order chi connectivity index (χ0) is 12.4. The molecule has 4 nitrogen and oxygen atoms in total. The molecule has 1 aromatic heterocycles. The Hall–Kier alpha value is -0.940. The average molecular weight is 259 g/mol. The first-order valence-electron chi connectivity index (χ1n) is 5.67. The van der Waals surface area contributed by atoms with Crippen molar-refractivity contribution in [3.8, 4) is 0 Å². The van der Waals surface area contributed by atoms with E-state index in [4.69, 9.17) is 11.6 Å². The summed E-state index contributed by atoms with van der Waals surface area (Å²) in [4.78, 5) is 11.7. The van der Waals surface area contributed by atoms with Gasteiger partial charge < -0.3 is 9.80 Å². The average Bonchev–Trinajstić information content (AvgIpc) is 2.31. The number of hydrogen-bond acceptors (Lipinski definition) is 4. The van der Waals surface area contributed by atoms with Gasteiger partial charge in [-0.05, 0) is 38.0 Å². The Kier molecular flexibility index (Phi) is 3.79. The first-order valence-corrected chi connectivity index (χ1v) is 6.05. The minimum Gasteiger partial charge on any atom is -0.353 e. The van der Waals surface area contributed by atoms with Crippen LogP contribution in [0.1, 0.15) is 12.8 Å². The first kappa shape index (κ1) is 12.5. The zero-order valence-corrected chi connectivity index (χ0v) is 10.8. The van der Waals surface area contributed by atoms with Crippen LogP contribution in [0, 0.1) is 5.82 Å². The minimum atomic E-state index is -0.426. The van der Waals surface area contributed by atoms with E-state index in [-0.39, 0.29) is 17.1 Å². The molecular weight excluding hydrogens is 243 g/mol. The van der Waals surface area contributed by atoms with Gasteiger partial charge in [0.1, 0.15) is 0 Å². The van der Waals surface area contributed by atoms with Gasteiger partial charge in [0.25, 0.3) is 0 Å². The molecule has 2 rings (SSSR count). The molecule has 0 bridgehead atoms. The van der Waals surface area contributed by atoms with E-state index >= 15 is 0 Å². The highest BCUT2D eigenvalue weighted by Gasteiger charge is 2.24. The molecule has 1 saturated heterocycles. The number of likely N-dealkylation sites (tertiary alicyclic amines) is 1. The van der Waals surface area contributed by atoms with Gasteiger partial charge in [0, 0.05) is 19.6 Å². The number of piperidine rings is 1. The molecule has 0 aliphatic carbocycles. The van der Waals surface area contributed by atoms with Crippen LogP contribution in [0.4, 0.5) is 10.2 Å². The van der Waals surface area contributed by atoms with E-state index in [1.54, 1.807) is 0 Å². The fourth-order valence-electron chi connectivity index (χ4n) is 2.21. The van der Waals surface area contributed by atoms with Gasteiger partial charge in [-0.3, -0.25) is 0 Å². The Morgan fingerprint density at radius 1 is 1.59 bits per heavy atom. The third-order valence-electron chi connectivity index (χ3n) is 3.18. The maximum absolute atomic E-state index is 13.6. The molecule has 1 aliphatic heterocycles. The van der Waals surface area contributed by atoms with Gasteiger partial charge in [0.15, 0.2) is 11.6 Å². The van der Waals surface area contributed by atoms with Crippen LogP contribution in [-0.2, 0) is 0 Å². The van der Waals surface area contributed by atoms with Crippen molar-refractivity contribution in [3.05, 3.63) is 17.3 Å². The summed E-state index contributed by atoms with van der Waals surface area (Å²) in [7, 11) is 3.93. The molecule has 94 valence electrons. The SMILES string of the molecule is CN1CCCC(N(C)c2nc(Cl)ncc2F)C1. The number of hydrogen-bond donors (Lipinski definition) is 0. The maximum atomic E-state index is 13.6. The van der Waals surface area contributed by atoms with E-state index in [0.29, 0.717) is 0 Å². The number of halogens is 2. The predicted octanol–water partition coefficient (Wildman–Crippen LogP) is 1.80. The molecule has 6 heteroatoms. The largest absolute Gasteiger partial charge is 0.353 e. The lowest BCUT2D eigenvalue weighted by molar-refractivity contribution is 0.247. The number of likely N-dealkylation sites (N-methyl/N-ethyl adjacent to an activating group) is 2.